The minimum atomic E-state index is 0.0712. The van der Waals surface area contributed by atoms with Crippen LogP contribution in [0.5, 0.6) is 0 Å². The second-order valence-corrected chi connectivity index (χ2v) is 17.7. The van der Waals surface area contributed by atoms with Crippen molar-refractivity contribution in [1.29, 1.82) is 0 Å². The molecule has 4 aliphatic rings. The molecule has 0 bridgehead atoms. The number of amides is 2. The summed E-state index contributed by atoms with van der Waals surface area (Å²) in [6.45, 7) is 11.0. The number of hydrogen-bond acceptors (Lipinski definition) is 11. The minimum Gasteiger partial charge on any atom is -0.390 e. The lowest BCUT2D eigenvalue weighted by atomic mass is 9.93. The molecule has 0 spiro atoms. The van der Waals surface area contributed by atoms with Gasteiger partial charge in [0.25, 0.3) is 0 Å². The number of carbonyl (C=O) groups excluding carboxylic acids is 2. The lowest BCUT2D eigenvalue weighted by Crippen LogP contribution is -2.38. The smallest absolute Gasteiger partial charge is 0.224 e. The number of rotatable bonds is 17. The van der Waals surface area contributed by atoms with Crippen molar-refractivity contribution in [3.63, 3.8) is 0 Å². The molecule has 2 amide bonds. The Hall–Kier alpha value is -4.40. The molecule has 1 atom stereocenters. The van der Waals surface area contributed by atoms with Gasteiger partial charge in [0.2, 0.25) is 18.8 Å². The van der Waals surface area contributed by atoms with E-state index in [1.807, 2.05) is 42.4 Å². The lowest BCUT2D eigenvalue weighted by molar-refractivity contribution is -0.109. The normalized spacial score (nSPS) is 23.7. The largest absolute Gasteiger partial charge is 0.390 e. The number of nitrogens with one attached hydrogen (secondary N) is 4. The van der Waals surface area contributed by atoms with E-state index in [9.17, 15) is 9.59 Å². The van der Waals surface area contributed by atoms with Gasteiger partial charge in [-0.3, -0.25) is 24.4 Å². The van der Waals surface area contributed by atoms with Crippen molar-refractivity contribution >= 4 is 42.4 Å². The molecule has 2 saturated carbocycles. The maximum absolute atomic E-state index is 12.5. The maximum atomic E-state index is 12.5. The van der Waals surface area contributed by atoms with Gasteiger partial charge >= 0.3 is 0 Å². The summed E-state index contributed by atoms with van der Waals surface area (Å²) in [5, 5.41) is 13.1. The SMILES string of the molecule is CNC1=C(C(N)=NCCCNC=O)/C=C\C(C)CN(Cc2cccc(SN3CCC(Nc4ncc(C5(C)CC5)c(N(C=O)C5CCCCC5)n4)CC3)c2)CCN\C=C\1. The van der Waals surface area contributed by atoms with Crippen molar-refractivity contribution in [3.05, 3.63) is 77.3 Å². The van der Waals surface area contributed by atoms with Crippen LogP contribution >= 0.6 is 11.9 Å². The molecule has 0 radical (unpaired) electrons. The number of anilines is 2. The van der Waals surface area contributed by atoms with E-state index in [1.54, 1.807) is 0 Å². The highest BCUT2D eigenvalue weighted by Crippen LogP contribution is 2.50. The van der Waals surface area contributed by atoms with E-state index in [0.717, 1.165) is 113 Å². The van der Waals surface area contributed by atoms with Crippen molar-refractivity contribution in [1.82, 2.24) is 35.1 Å². The predicted molar refractivity (Wildman–Crippen MR) is 237 cm³/mol. The summed E-state index contributed by atoms with van der Waals surface area (Å²) in [6.07, 6.45) is 22.6. The van der Waals surface area contributed by atoms with Gasteiger partial charge in [-0.2, -0.15) is 4.98 Å². The number of aromatic nitrogens is 2. The highest BCUT2D eigenvalue weighted by Gasteiger charge is 2.43. The first-order chi connectivity index (χ1) is 28.3. The van der Waals surface area contributed by atoms with Crippen LogP contribution in [0.15, 0.2) is 76.0 Å². The number of likely N-dealkylation sites (N-methyl/N-ethyl adjacent to an activating group) is 1. The van der Waals surface area contributed by atoms with Gasteiger partial charge in [-0.15, -0.1) is 0 Å². The molecular formula is C44H65N11O2S. The van der Waals surface area contributed by atoms with E-state index in [-0.39, 0.29) is 23.4 Å². The molecule has 3 heterocycles. The number of nitrogens with two attached hydrogens (primary N) is 1. The molecule has 3 fully saturated rings. The van der Waals surface area contributed by atoms with Gasteiger partial charge in [0.05, 0.1) is 0 Å². The minimum absolute atomic E-state index is 0.0712. The highest BCUT2D eigenvalue weighted by atomic mass is 32.2. The lowest BCUT2D eigenvalue weighted by Gasteiger charge is -2.33. The molecule has 1 aromatic heterocycles. The Labute approximate surface area is 350 Å². The van der Waals surface area contributed by atoms with Crippen LogP contribution < -0.4 is 31.9 Å². The highest BCUT2D eigenvalue weighted by molar-refractivity contribution is 7.97. The van der Waals surface area contributed by atoms with Gasteiger partial charge < -0.3 is 27.0 Å². The third-order valence-corrected chi connectivity index (χ3v) is 12.9. The van der Waals surface area contributed by atoms with Crippen molar-refractivity contribution in [2.45, 2.75) is 107 Å². The van der Waals surface area contributed by atoms with Crippen LogP contribution in [0.4, 0.5) is 11.8 Å². The van der Waals surface area contributed by atoms with Crippen LogP contribution in [0.1, 0.15) is 89.2 Å². The van der Waals surface area contributed by atoms with Crippen molar-refractivity contribution in [3.8, 4) is 0 Å². The van der Waals surface area contributed by atoms with Crippen molar-refractivity contribution < 1.29 is 9.59 Å². The fourth-order valence-corrected chi connectivity index (χ4v) is 9.16. The average Bonchev–Trinajstić information content (AvgIpc) is 3.98. The first-order valence-electron chi connectivity index (χ1n) is 21.4. The molecule has 1 unspecified atom stereocenters. The molecule has 314 valence electrons. The zero-order chi connectivity index (χ0) is 40.7. The summed E-state index contributed by atoms with van der Waals surface area (Å²) in [6, 6.07) is 9.46. The van der Waals surface area contributed by atoms with Gasteiger partial charge in [0.15, 0.2) is 0 Å². The summed E-state index contributed by atoms with van der Waals surface area (Å²) >= 11 is 1.84. The Morgan fingerprint density at radius 3 is 2.67 bits per heavy atom. The average molecular weight is 812 g/mol. The third-order valence-electron chi connectivity index (χ3n) is 11.8. The summed E-state index contributed by atoms with van der Waals surface area (Å²) in [7, 11) is 1.89. The molecule has 13 nitrogen and oxygen atoms in total. The zero-order valence-corrected chi connectivity index (χ0v) is 35.6. The molecule has 1 saturated heterocycles. The molecule has 6 rings (SSSR count). The van der Waals surface area contributed by atoms with Gasteiger partial charge in [0.1, 0.15) is 11.7 Å². The number of amidine groups is 1. The number of carbonyl (C=O) groups is 2. The Morgan fingerprint density at radius 2 is 1.93 bits per heavy atom. The van der Waals surface area contributed by atoms with Crippen LogP contribution in [-0.4, -0.2) is 103 Å². The Balaban J connectivity index is 1.03. The van der Waals surface area contributed by atoms with E-state index in [4.69, 9.17) is 15.7 Å². The van der Waals surface area contributed by atoms with Gasteiger partial charge in [-0.25, -0.2) is 9.29 Å². The van der Waals surface area contributed by atoms with Gasteiger partial charge in [-0.1, -0.05) is 57.4 Å². The topological polar surface area (TPSA) is 156 Å². The standard InChI is InChI=1S/C44H65N11O2S/c1-33-13-14-38(41(45)49-21-8-20-48-31-56)40(46-3)15-22-47-23-26-53(29-33)30-34-9-7-12-37(27-34)58-54-24-16-35(17-25-54)51-43-50-28-39(44(2)18-19-44)42(52-43)55(32-57)36-10-5-4-6-11-36/h7,9,12-15,22,27-28,31-33,35-36,46-47H,4-6,8,10-11,16-21,23-26,29-30H2,1-3H3,(H2,45,49)(H,48,56)(H,50,51,52)/b14-13-,22-15+,40-38-. The Kier molecular flexibility index (Phi) is 16.1. The van der Waals surface area contributed by atoms with Crippen molar-refractivity contribution in [2.75, 3.05) is 63.1 Å². The van der Waals surface area contributed by atoms with Crippen LogP contribution in [0.25, 0.3) is 0 Å². The summed E-state index contributed by atoms with van der Waals surface area (Å²) in [5.74, 6) is 2.21. The van der Waals surface area contributed by atoms with Gasteiger partial charge in [0, 0.05) is 99.4 Å². The van der Waals surface area contributed by atoms with E-state index in [1.165, 1.54) is 29.7 Å². The molecule has 1 aromatic carbocycles. The van der Waals surface area contributed by atoms with Crippen LogP contribution in [-0.2, 0) is 21.5 Å². The number of benzene rings is 1. The maximum Gasteiger partial charge on any atom is 0.224 e. The first-order valence-corrected chi connectivity index (χ1v) is 22.1. The number of aliphatic imine (C=N–C) groups is 1. The summed E-state index contributed by atoms with van der Waals surface area (Å²) in [5.41, 5.74) is 10.7. The Bertz CT molecular complexity index is 1780. The van der Waals surface area contributed by atoms with E-state index in [2.05, 4.69) is 85.7 Å². The van der Waals surface area contributed by atoms with Gasteiger partial charge in [-0.05, 0) is 98.2 Å². The Morgan fingerprint density at radius 1 is 1.12 bits per heavy atom. The fraction of sp³-hybridized carbons (Fsp3) is 0.568. The number of nitrogens with zero attached hydrogens (tertiary/aromatic N) is 6. The molecule has 6 N–H and O–H groups in total. The second kappa shape index (κ2) is 21.6. The van der Waals surface area contributed by atoms with Crippen LogP contribution in [0.2, 0.25) is 0 Å². The fourth-order valence-electron chi connectivity index (χ4n) is 8.13. The number of piperidine rings is 1. The molecule has 14 heteroatoms. The quantitative estimate of drug-likeness (QED) is 0.0453. The molecule has 2 aromatic rings. The molecule has 2 aliphatic heterocycles. The monoisotopic (exact) mass is 812 g/mol. The van der Waals surface area contributed by atoms with E-state index >= 15 is 0 Å². The second-order valence-electron chi connectivity index (χ2n) is 16.5. The van der Waals surface area contributed by atoms with Crippen LogP contribution in [0.3, 0.4) is 0 Å². The van der Waals surface area contributed by atoms with E-state index < -0.39 is 0 Å². The van der Waals surface area contributed by atoms with Crippen LogP contribution in [0, 0.1) is 5.92 Å². The number of hydrogen-bond donors (Lipinski definition) is 5. The molecular weight excluding hydrogens is 747 g/mol. The van der Waals surface area contributed by atoms with E-state index in [0.29, 0.717) is 31.3 Å². The number of allylic oxidation sites excluding steroid dienone is 1. The van der Waals surface area contributed by atoms with Crippen molar-refractivity contribution in [2.24, 2.45) is 16.6 Å². The molecule has 2 aliphatic carbocycles. The summed E-state index contributed by atoms with van der Waals surface area (Å²) in [4.78, 5) is 43.2. The summed E-state index contributed by atoms with van der Waals surface area (Å²) < 4.78 is 2.47. The first kappa shape index (κ1) is 43.2. The predicted octanol–water partition coefficient (Wildman–Crippen LogP) is 5.49. The molecule has 58 heavy (non-hydrogen) atoms. The zero-order valence-electron chi connectivity index (χ0n) is 34.8. The third kappa shape index (κ3) is 12.3.